The quantitative estimate of drug-likeness (QED) is 0.729. The van der Waals surface area contributed by atoms with Gasteiger partial charge >= 0.3 is 0 Å². The van der Waals surface area contributed by atoms with Crippen LogP contribution in [0.2, 0.25) is 0 Å². The van der Waals surface area contributed by atoms with Gasteiger partial charge in [-0.2, -0.15) is 0 Å². The first-order valence-corrected chi connectivity index (χ1v) is 9.39. The standard InChI is InChI=1S/C20H25N3O2S/c1-14(19(25)23-17-10-5-6-11-21-17)26-16-9-7-8-15(12-16)22-18(24)13-20(2,3)4/h5-12,14H,13H2,1-4H3,(H,22,24)(H,21,23,25). The van der Waals surface area contributed by atoms with E-state index >= 15 is 0 Å². The van der Waals surface area contributed by atoms with Crippen molar-refractivity contribution in [1.29, 1.82) is 0 Å². The second-order valence-corrected chi connectivity index (χ2v) is 8.69. The highest BCUT2D eigenvalue weighted by atomic mass is 32.2. The zero-order valence-electron chi connectivity index (χ0n) is 15.6. The molecule has 1 unspecified atom stereocenters. The van der Waals surface area contributed by atoms with Gasteiger partial charge in [0.05, 0.1) is 5.25 Å². The summed E-state index contributed by atoms with van der Waals surface area (Å²) in [5.74, 6) is 0.407. The maximum absolute atomic E-state index is 12.3. The Bertz CT molecular complexity index is 757. The van der Waals surface area contributed by atoms with E-state index in [-0.39, 0.29) is 22.5 Å². The summed E-state index contributed by atoms with van der Waals surface area (Å²) in [5.41, 5.74) is 0.677. The molecule has 2 aromatic rings. The van der Waals surface area contributed by atoms with Gasteiger partial charge in [-0.05, 0) is 42.7 Å². The van der Waals surface area contributed by atoms with Crippen LogP contribution in [-0.2, 0) is 9.59 Å². The fourth-order valence-electron chi connectivity index (χ4n) is 2.26. The summed E-state index contributed by atoms with van der Waals surface area (Å²) in [5, 5.41) is 5.42. The molecule has 1 aromatic carbocycles. The van der Waals surface area contributed by atoms with Crippen LogP contribution in [0, 0.1) is 5.41 Å². The Morgan fingerprint density at radius 3 is 2.54 bits per heavy atom. The average molecular weight is 372 g/mol. The number of rotatable bonds is 6. The summed E-state index contributed by atoms with van der Waals surface area (Å²) < 4.78 is 0. The van der Waals surface area contributed by atoms with E-state index in [1.54, 1.807) is 18.3 Å². The van der Waals surface area contributed by atoms with Crippen LogP contribution in [0.5, 0.6) is 0 Å². The molecule has 0 saturated carbocycles. The Morgan fingerprint density at radius 2 is 1.88 bits per heavy atom. The minimum absolute atomic E-state index is 0.0133. The molecule has 138 valence electrons. The van der Waals surface area contributed by atoms with Crippen LogP contribution in [0.4, 0.5) is 11.5 Å². The molecule has 0 fully saturated rings. The van der Waals surface area contributed by atoms with Crippen LogP contribution in [-0.4, -0.2) is 22.0 Å². The molecule has 0 saturated heterocycles. The Kier molecular flexibility index (Phi) is 6.80. The van der Waals surface area contributed by atoms with E-state index in [0.29, 0.717) is 12.2 Å². The lowest BCUT2D eigenvalue weighted by molar-refractivity contribution is -0.118. The molecule has 1 aromatic heterocycles. The molecule has 5 nitrogen and oxygen atoms in total. The van der Waals surface area contributed by atoms with Crippen LogP contribution >= 0.6 is 11.8 Å². The first-order valence-electron chi connectivity index (χ1n) is 8.51. The van der Waals surface area contributed by atoms with Gasteiger partial charge in [-0.1, -0.05) is 32.9 Å². The molecule has 2 N–H and O–H groups in total. The van der Waals surface area contributed by atoms with Crippen LogP contribution < -0.4 is 10.6 Å². The van der Waals surface area contributed by atoms with Gasteiger partial charge in [-0.3, -0.25) is 9.59 Å². The second kappa shape index (κ2) is 8.85. The third-order valence-corrected chi connectivity index (χ3v) is 4.50. The zero-order valence-corrected chi connectivity index (χ0v) is 16.4. The number of nitrogens with one attached hydrogen (secondary N) is 2. The average Bonchev–Trinajstić information content (AvgIpc) is 2.54. The van der Waals surface area contributed by atoms with E-state index < -0.39 is 0 Å². The third kappa shape index (κ3) is 6.88. The van der Waals surface area contributed by atoms with Crippen LogP contribution in [0.1, 0.15) is 34.1 Å². The predicted molar refractivity (Wildman–Crippen MR) is 107 cm³/mol. The van der Waals surface area contributed by atoms with Gasteiger partial charge in [0.2, 0.25) is 11.8 Å². The number of amides is 2. The number of aromatic nitrogens is 1. The smallest absolute Gasteiger partial charge is 0.238 e. The fraction of sp³-hybridized carbons (Fsp3) is 0.350. The van der Waals surface area contributed by atoms with Crippen molar-refractivity contribution in [2.24, 2.45) is 5.41 Å². The molecule has 6 heteroatoms. The number of nitrogens with zero attached hydrogens (tertiary/aromatic N) is 1. The lowest BCUT2D eigenvalue weighted by Gasteiger charge is -2.17. The first kappa shape index (κ1) is 20.0. The third-order valence-electron chi connectivity index (χ3n) is 3.41. The number of pyridine rings is 1. The Labute approximate surface area is 159 Å². The SMILES string of the molecule is CC(Sc1cccc(NC(=O)CC(C)(C)C)c1)C(=O)Nc1ccccn1. The van der Waals surface area contributed by atoms with Crippen molar-refractivity contribution in [3.05, 3.63) is 48.7 Å². The molecule has 0 spiro atoms. The Balaban J connectivity index is 1.94. The second-order valence-electron chi connectivity index (χ2n) is 7.28. The normalized spacial score (nSPS) is 12.3. The summed E-state index contributed by atoms with van der Waals surface area (Å²) in [6.07, 6.45) is 2.09. The monoisotopic (exact) mass is 371 g/mol. The molecule has 1 atom stereocenters. The number of carbonyl (C=O) groups excluding carboxylic acids is 2. The van der Waals surface area contributed by atoms with E-state index in [4.69, 9.17) is 0 Å². The molecular formula is C20H25N3O2S. The lowest BCUT2D eigenvalue weighted by Crippen LogP contribution is -2.22. The molecule has 0 radical (unpaired) electrons. The zero-order chi connectivity index (χ0) is 19.2. The van der Waals surface area contributed by atoms with Gasteiger partial charge < -0.3 is 10.6 Å². The first-order chi connectivity index (χ1) is 12.2. The summed E-state index contributed by atoms with van der Waals surface area (Å²) in [6, 6.07) is 12.9. The van der Waals surface area contributed by atoms with Crippen LogP contribution in [0.25, 0.3) is 0 Å². The van der Waals surface area contributed by atoms with Gasteiger partial charge in [0, 0.05) is 23.2 Å². The van der Waals surface area contributed by atoms with E-state index in [0.717, 1.165) is 10.6 Å². The Morgan fingerprint density at radius 1 is 1.12 bits per heavy atom. The maximum atomic E-state index is 12.3. The summed E-state index contributed by atoms with van der Waals surface area (Å²) in [4.78, 5) is 29.4. The molecule has 2 rings (SSSR count). The predicted octanol–water partition coefficient (Wildman–Crippen LogP) is 4.58. The van der Waals surface area contributed by atoms with Gasteiger partial charge in [0.1, 0.15) is 5.82 Å². The fourth-order valence-corrected chi connectivity index (χ4v) is 3.18. The number of hydrogen-bond acceptors (Lipinski definition) is 4. The molecule has 0 bridgehead atoms. The topological polar surface area (TPSA) is 71.1 Å². The number of carbonyl (C=O) groups is 2. The van der Waals surface area contributed by atoms with E-state index in [2.05, 4.69) is 15.6 Å². The highest BCUT2D eigenvalue weighted by Gasteiger charge is 2.17. The van der Waals surface area contributed by atoms with Gasteiger partial charge in [-0.25, -0.2) is 4.98 Å². The van der Waals surface area contributed by atoms with Crippen molar-refractivity contribution >= 4 is 35.1 Å². The van der Waals surface area contributed by atoms with Crippen molar-refractivity contribution in [2.75, 3.05) is 10.6 Å². The number of hydrogen-bond donors (Lipinski definition) is 2. The highest BCUT2D eigenvalue weighted by Crippen LogP contribution is 2.27. The van der Waals surface area contributed by atoms with Gasteiger partial charge in [0.25, 0.3) is 0 Å². The molecule has 26 heavy (non-hydrogen) atoms. The Hall–Kier alpha value is -2.34. The van der Waals surface area contributed by atoms with Gasteiger partial charge in [0.15, 0.2) is 0 Å². The molecule has 0 aliphatic rings. The number of benzene rings is 1. The van der Waals surface area contributed by atoms with Crippen molar-refractivity contribution in [2.45, 2.75) is 44.3 Å². The summed E-state index contributed by atoms with van der Waals surface area (Å²) in [6.45, 7) is 7.93. The maximum Gasteiger partial charge on any atom is 0.238 e. The van der Waals surface area contributed by atoms with Crippen molar-refractivity contribution in [3.63, 3.8) is 0 Å². The van der Waals surface area contributed by atoms with Gasteiger partial charge in [-0.15, -0.1) is 11.8 Å². The molecule has 0 aliphatic heterocycles. The van der Waals surface area contributed by atoms with Crippen molar-refractivity contribution in [3.8, 4) is 0 Å². The summed E-state index contributed by atoms with van der Waals surface area (Å²) >= 11 is 1.43. The lowest BCUT2D eigenvalue weighted by atomic mass is 9.92. The minimum Gasteiger partial charge on any atom is -0.326 e. The van der Waals surface area contributed by atoms with E-state index in [1.165, 1.54) is 11.8 Å². The van der Waals surface area contributed by atoms with Crippen LogP contribution in [0.3, 0.4) is 0 Å². The largest absolute Gasteiger partial charge is 0.326 e. The minimum atomic E-state index is -0.294. The molecule has 2 amide bonds. The van der Waals surface area contributed by atoms with Crippen LogP contribution in [0.15, 0.2) is 53.6 Å². The van der Waals surface area contributed by atoms with Crippen molar-refractivity contribution < 1.29 is 9.59 Å². The number of thioether (sulfide) groups is 1. The van der Waals surface area contributed by atoms with E-state index in [9.17, 15) is 9.59 Å². The van der Waals surface area contributed by atoms with E-state index in [1.807, 2.05) is 58.0 Å². The molecular weight excluding hydrogens is 346 g/mol. The highest BCUT2D eigenvalue weighted by molar-refractivity contribution is 8.00. The summed E-state index contributed by atoms with van der Waals surface area (Å²) in [7, 11) is 0. The van der Waals surface area contributed by atoms with Crippen molar-refractivity contribution in [1.82, 2.24) is 4.98 Å². The molecule has 1 heterocycles. The molecule has 0 aliphatic carbocycles. The number of anilines is 2.